The summed E-state index contributed by atoms with van der Waals surface area (Å²) in [4.78, 5) is 0. The van der Waals surface area contributed by atoms with Crippen LogP contribution in [0.15, 0.2) is 24.3 Å². The number of rotatable bonds is 2. The van der Waals surface area contributed by atoms with Gasteiger partial charge in [-0.1, -0.05) is 36.4 Å². The van der Waals surface area contributed by atoms with Crippen molar-refractivity contribution in [2.45, 2.75) is 13.8 Å². The van der Waals surface area contributed by atoms with Gasteiger partial charge in [-0.2, -0.15) is 0 Å². The number of fused-ring (bicyclic) bond motifs is 1. The molecule has 0 saturated carbocycles. The van der Waals surface area contributed by atoms with Crippen LogP contribution in [0.5, 0.6) is 0 Å². The molecule has 78 valence electrons. The molecule has 0 bridgehead atoms. The second kappa shape index (κ2) is 7.27. The highest BCUT2D eigenvalue weighted by atomic mass is 19.0. The van der Waals surface area contributed by atoms with E-state index in [2.05, 4.69) is 36.4 Å². The summed E-state index contributed by atoms with van der Waals surface area (Å²) < 4.78 is 4.83. The molecule has 0 fully saturated rings. The maximum absolute atomic E-state index is 4.83. The van der Waals surface area contributed by atoms with Crippen LogP contribution in [0.1, 0.15) is 25.0 Å². The lowest BCUT2D eigenvalue weighted by molar-refractivity contribution is -0.00000358. The Morgan fingerprint density at radius 3 is 1.50 bits per heavy atom. The Morgan fingerprint density at radius 1 is 0.929 bits per heavy atom. The molecule has 2 rings (SSSR count). The molecule has 1 aliphatic carbocycles. The van der Waals surface area contributed by atoms with E-state index in [9.17, 15) is 0 Å². The minimum Gasteiger partial charge on any atom is -1.00 e. The average Bonchev–Trinajstić information content (AvgIpc) is 2.10. The van der Waals surface area contributed by atoms with E-state index >= 15 is 0 Å². The largest absolute Gasteiger partial charge is 1.00 e. The average molecular weight is 195 g/mol. The van der Waals surface area contributed by atoms with Crippen molar-refractivity contribution in [2.24, 2.45) is 0 Å². The molecule has 0 heterocycles. The molecule has 0 aromatic heterocycles. The Morgan fingerprint density at radius 2 is 1.36 bits per heavy atom. The summed E-state index contributed by atoms with van der Waals surface area (Å²) in [6, 6.07) is 8.36. The third kappa shape index (κ3) is 3.71. The Labute approximate surface area is 84.8 Å². The Hall–Kier alpha value is -1.15. The predicted octanol–water partition coefficient (Wildman–Crippen LogP) is 0.217. The van der Waals surface area contributed by atoms with E-state index in [0.717, 1.165) is 13.2 Å². The van der Waals surface area contributed by atoms with Gasteiger partial charge >= 0.3 is 0 Å². The van der Waals surface area contributed by atoms with Gasteiger partial charge in [0.15, 0.2) is 0 Å². The highest BCUT2D eigenvalue weighted by Crippen LogP contribution is 2.21. The lowest BCUT2D eigenvalue weighted by Crippen LogP contribution is -3.00. The second-order valence-electron chi connectivity index (χ2n) is 2.74. The van der Waals surface area contributed by atoms with Gasteiger partial charge in [0.2, 0.25) is 0 Å². The quantitative estimate of drug-likeness (QED) is 0.666. The molecule has 0 amide bonds. The zero-order valence-corrected chi connectivity index (χ0v) is 8.66. The number of ether oxygens (including phenoxy) is 1. The number of hydrogen-bond acceptors (Lipinski definition) is 1. The lowest BCUT2D eigenvalue weighted by atomic mass is 9.99. The van der Waals surface area contributed by atoms with Crippen LogP contribution in [0.25, 0.3) is 12.2 Å². The highest BCUT2D eigenvalue weighted by Gasteiger charge is 1.99. The van der Waals surface area contributed by atoms with Crippen molar-refractivity contribution in [1.29, 1.82) is 0 Å². The van der Waals surface area contributed by atoms with Gasteiger partial charge in [-0.05, 0) is 25.0 Å². The summed E-state index contributed by atoms with van der Waals surface area (Å²) in [5.41, 5.74) is 2.74. The van der Waals surface area contributed by atoms with Crippen molar-refractivity contribution >= 4 is 12.2 Å². The SMILES string of the molecule is C1=Cc2ccccc21.CCOCC.[F-]. The topological polar surface area (TPSA) is 9.23 Å². The Kier molecular flexibility index (Phi) is 6.68. The maximum atomic E-state index is 4.83. The van der Waals surface area contributed by atoms with Gasteiger partial charge in [0.25, 0.3) is 0 Å². The van der Waals surface area contributed by atoms with Crippen molar-refractivity contribution in [3.8, 4) is 0 Å². The van der Waals surface area contributed by atoms with E-state index in [0.29, 0.717) is 0 Å². The molecule has 2 heteroatoms. The predicted molar refractivity (Wildman–Crippen MR) is 57.5 cm³/mol. The monoisotopic (exact) mass is 195 g/mol. The molecule has 1 aliphatic rings. The summed E-state index contributed by atoms with van der Waals surface area (Å²) in [6.07, 6.45) is 4.24. The first-order chi connectivity index (χ1) is 6.38. The van der Waals surface area contributed by atoms with Crippen LogP contribution in [0, 0.1) is 0 Å². The fourth-order valence-corrected chi connectivity index (χ4v) is 1.10. The summed E-state index contributed by atoms with van der Waals surface area (Å²) in [6.45, 7) is 5.67. The van der Waals surface area contributed by atoms with Gasteiger partial charge in [0.05, 0.1) is 0 Å². The van der Waals surface area contributed by atoms with Crippen LogP contribution in [-0.4, -0.2) is 13.2 Å². The van der Waals surface area contributed by atoms with E-state index in [1.165, 1.54) is 11.1 Å². The molecule has 0 spiro atoms. The van der Waals surface area contributed by atoms with Gasteiger partial charge in [0.1, 0.15) is 0 Å². The van der Waals surface area contributed by atoms with E-state index in [1.807, 2.05) is 13.8 Å². The standard InChI is InChI=1S/C8H6.C4H10O.FH/c1-2-4-8-6-5-7(8)3-1;1-3-5-4-2;/h1-6H;3-4H2,1-2H3;1H/p-1. The lowest BCUT2D eigenvalue weighted by Gasteiger charge is -2.06. The van der Waals surface area contributed by atoms with E-state index in [4.69, 9.17) is 4.74 Å². The normalized spacial score (nSPS) is 10.1. The highest BCUT2D eigenvalue weighted by molar-refractivity contribution is 5.85. The molecular weight excluding hydrogens is 179 g/mol. The Balaban J connectivity index is 0.000000253. The van der Waals surface area contributed by atoms with Crippen LogP contribution >= 0.6 is 0 Å². The molecule has 1 nitrogen and oxygen atoms in total. The summed E-state index contributed by atoms with van der Waals surface area (Å²) in [5.74, 6) is 0. The molecular formula is C12H16FO-. The van der Waals surface area contributed by atoms with Crippen molar-refractivity contribution in [2.75, 3.05) is 13.2 Å². The number of halogens is 1. The van der Waals surface area contributed by atoms with E-state index < -0.39 is 0 Å². The first-order valence-corrected chi connectivity index (χ1v) is 4.73. The molecule has 1 aromatic rings. The van der Waals surface area contributed by atoms with Crippen molar-refractivity contribution < 1.29 is 9.44 Å². The molecule has 0 aliphatic heterocycles. The molecule has 14 heavy (non-hydrogen) atoms. The zero-order chi connectivity index (χ0) is 9.52. The fourth-order valence-electron chi connectivity index (χ4n) is 1.10. The summed E-state index contributed by atoms with van der Waals surface area (Å²) in [5, 5.41) is 0. The molecule has 0 radical (unpaired) electrons. The van der Waals surface area contributed by atoms with Crippen LogP contribution in [-0.2, 0) is 4.74 Å². The summed E-state index contributed by atoms with van der Waals surface area (Å²) >= 11 is 0. The van der Waals surface area contributed by atoms with Crippen molar-refractivity contribution in [1.82, 2.24) is 0 Å². The van der Waals surface area contributed by atoms with Crippen LogP contribution in [0.3, 0.4) is 0 Å². The minimum atomic E-state index is 0. The smallest absolute Gasteiger partial charge is 0.0437 e. The van der Waals surface area contributed by atoms with Gasteiger partial charge in [-0.15, -0.1) is 0 Å². The third-order valence-electron chi connectivity index (χ3n) is 1.85. The zero-order valence-electron chi connectivity index (χ0n) is 8.66. The van der Waals surface area contributed by atoms with Crippen molar-refractivity contribution in [3.63, 3.8) is 0 Å². The third-order valence-corrected chi connectivity index (χ3v) is 1.85. The maximum Gasteiger partial charge on any atom is 0.0437 e. The van der Waals surface area contributed by atoms with Crippen LogP contribution in [0.2, 0.25) is 0 Å². The van der Waals surface area contributed by atoms with Gasteiger partial charge in [-0.25, -0.2) is 0 Å². The molecule has 0 saturated heterocycles. The van der Waals surface area contributed by atoms with Crippen molar-refractivity contribution in [3.05, 3.63) is 35.4 Å². The molecule has 0 atom stereocenters. The first-order valence-electron chi connectivity index (χ1n) is 4.73. The van der Waals surface area contributed by atoms with Gasteiger partial charge in [0, 0.05) is 13.2 Å². The number of benzene rings is 1. The van der Waals surface area contributed by atoms with Crippen LogP contribution < -0.4 is 4.70 Å². The van der Waals surface area contributed by atoms with E-state index in [-0.39, 0.29) is 4.70 Å². The number of hydrogen-bond donors (Lipinski definition) is 0. The second-order valence-corrected chi connectivity index (χ2v) is 2.74. The van der Waals surface area contributed by atoms with E-state index in [1.54, 1.807) is 0 Å². The summed E-state index contributed by atoms with van der Waals surface area (Å²) in [7, 11) is 0. The minimum absolute atomic E-state index is 0. The Bertz CT molecular complexity index is 254. The fraction of sp³-hybridized carbons (Fsp3) is 0.333. The van der Waals surface area contributed by atoms with Gasteiger partial charge < -0.3 is 9.44 Å². The molecule has 0 unspecified atom stereocenters. The molecule has 1 aromatic carbocycles. The van der Waals surface area contributed by atoms with Crippen LogP contribution in [0.4, 0.5) is 0 Å². The first kappa shape index (κ1) is 12.8. The molecule has 0 N–H and O–H groups in total. The van der Waals surface area contributed by atoms with Gasteiger partial charge in [-0.3, -0.25) is 0 Å².